The molecule has 0 saturated carbocycles. The molecule has 2 aromatic carbocycles. The standard InChI is InChI=1S/C15H12BrClFN/c16-12-3-1-10-5-6-19(15(10)7-12)9-11-2-4-13(17)8-14(11)18/h1-4,7-8H,5-6,9H2. The Hall–Kier alpha value is -1.06. The maximum Gasteiger partial charge on any atom is 0.129 e. The van der Waals surface area contributed by atoms with Crippen molar-refractivity contribution in [3.63, 3.8) is 0 Å². The number of rotatable bonds is 2. The predicted molar refractivity (Wildman–Crippen MR) is 80.3 cm³/mol. The molecule has 0 aromatic heterocycles. The second-order valence-corrected chi connectivity index (χ2v) is 6.03. The molecule has 19 heavy (non-hydrogen) atoms. The lowest BCUT2D eigenvalue weighted by molar-refractivity contribution is 0.606. The van der Waals surface area contributed by atoms with E-state index in [1.54, 1.807) is 12.1 Å². The molecule has 0 spiro atoms. The van der Waals surface area contributed by atoms with Crippen molar-refractivity contribution in [2.45, 2.75) is 13.0 Å². The second kappa shape index (κ2) is 5.14. The highest BCUT2D eigenvalue weighted by Gasteiger charge is 2.20. The molecule has 2 aromatic rings. The van der Waals surface area contributed by atoms with Gasteiger partial charge in [-0.05, 0) is 36.2 Å². The largest absolute Gasteiger partial charge is 0.367 e. The van der Waals surface area contributed by atoms with Gasteiger partial charge in [0, 0.05) is 33.8 Å². The van der Waals surface area contributed by atoms with Crippen molar-refractivity contribution in [3.8, 4) is 0 Å². The number of anilines is 1. The summed E-state index contributed by atoms with van der Waals surface area (Å²) in [5.74, 6) is -0.240. The van der Waals surface area contributed by atoms with Crippen molar-refractivity contribution in [3.05, 3.63) is 62.8 Å². The Morgan fingerprint density at radius 1 is 1.21 bits per heavy atom. The second-order valence-electron chi connectivity index (χ2n) is 4.68. The van der Waals surface area contributed by atoms with E-state index in [9.17, 15) is 4.39 Å². The number of halogens is 3. The van der Waals surface area contributed by atoms with Gasteiger partial charge in [0.1, 0.15) is 5.82 Å². The van der Waals surface area contributed by atoms with Crippen LogP contribution in [0.5, 0.6) is 0 Å². The minimum atomic E-state index is -0.240. The van der Waals surface area contributed by atoms with Gasteiger partial charge in [0.2, 0.25) is 0 Å². The highest BCUT2D eigenvalue weighted by molar-refractivity contribution is 9.10. The lowest BCUT2D eigenvalue weighted by Gasteiger charge is -2.20. The Morgan fingerprint density at radius 3 is 2.84 bits per heavy atom. The van der Waals surface area contributed by atoms with Gasteiger partial charge in [0.05, 0.1) is 0 Å². The molecule has 0 aliphatic carbocycles. The fourth-order valence-corrected chi connectivity index (χ4v) is 2.95. The molecular weight excluding hydrogens is 329 g/mol. The Morgan fingerprint density at radius 2 is 2.05 bits per heavy atom. The lowest BCUT2D eigenvalue weighted by Crippen LogP contribution is -2.20. The van der Waals surface area contributed by atoms with Crippen molar-refractivity contribution in [2.75, 3.05) is 11.4 Å². The molecule has 1 aliphatic rings. The monoisotopic (exact) mass is 339 g/mol. The van der Waals surface area contributed by atoms with E-state index in [1.807, 2.05) is 6.07 Å². The molecule has 0 fully saturated rings. The summed E-state index contributed by atoms with van der Waals surface area (Å²) >= 11 is 9.26. The number of nitrogens with zero attached hydrogens (tertiary/aromatic N) is 1. The van der Waals surface area contributed by atoms with Crippen LogP contribution in [-0.2, 0) is 13.0 Å². The van der Waals surface area contributed by atoms with Gasteiger partial charge in [-0.1, -0.05) is 39.7 Å². The maximum atomic E-state index is 13.8. The quantitative estimate of drug-likeness (QED) is 0.759. The Bertz CT molecular complexity index is 630. The average molecular weight is 341 g/mol. The van der Waals surface area contributed by atoms with Crippen LogP contribution in [0.4, 0.5) is 10.1 Å². The molecule has 0 amide bonds. The number of hydrogen-bond donors (Lipinski definition) is 0. The van der Waals surface area contributed by atoms with Crippen LogP contribution in [0, 0.1) is 5.82 Å². The summed E-state index contributed by atoms with van der Waals surface area (Å²) in [7, 11) is 0. The summed E-state index contributed by atoms with van der Waals surface area (Å²) in [6, 6.07) is 11.1. The third-order valence-electron chi connectivity index (χ3n) is 3.42. The number of hydrogen-bond acceptors (Lipinski definition) is 1. The first-order chi connectivity index (χ1) is 9.13. The lowest BCUT2D eigenvalue weighted by atomic mass is 10.1. The third-order valence-corrected chi connectivity index (χ3v) is 4.14. The minimum absolute atomic E-state index is 0.240. The highest BCUT2D eigenvalue weighted by atomic mass is 79.9. The summed E-state index contributed by atoms with van der Waals surface area (Å²) in [5.41, 5.74) is 3.18. The van der Waals surface area contributed by atoms with E-state index in [1.165, 1.54) is 17.3 Å². The molecule has 3 rings (SSSR count). The van der Waals surface area contributed by atoms with Crippen LogP contribution in [0.1, 0.15) is 11.1 Å². The van der Waals surface area contributed by atoms with Crippen LogP contribution in [0.25, 0.3) is 0 Å². The Kier molecular flexibility index (Phi) is 3.50. The van der Waals surface area contributed by atoms with E-state index in [0.717, 1.165) is 17.4 Å². The fraction of sp³-hybridized carbons (Fsp3) is 0.200. The summed E-state index contributed by atoms with van der Waals surface area (Å²) in [5, 5.41) is 0.436. The molecule has 4 heteroatoms. The highest BCUT2D eigenvalue weighted by Crippen LogP contribution is 2.32. The van der Waals surface area contributed by atoms with E-state index in [0.29, 0.717) is 17.1 Å². The van der Waals surface area contributed by atoms with Gasteiger partial charge in [0.25, 0.3) is 0 Å². The average Bonchev–Trinajstić information content (AvgIpc) is 2.75. The van der Waals surface area contributed by atoms with Gasteiger partial charge in [-0.15, -0.1) is 0 Å². The molecular formula is C15H12BrClFN. The zero-order valence-corrected chi connectivity index (χ0v) is 12.5. The first-order valence-electron chi connectivity index (χ1n) is 6.11. The first kappa shape index (κ1) is 12.9. The van der Waals surface area contributed by atoms with Gasteiger partial charge in [-0.25, -0.2) is 4.39 Å². The van der Waals surface area contributed by atoms with Crippen molar-refractivity contribution < 1.29 is 4.39 Å². The van der Waals surface area contributed by atoms with Crippen LogP contribution in [-0.4, -0.2) is 6.54 Å². The molecule has 1 aliphatic heterocycles. The van der Waals surface area contributed by atoms with Crippen molar-refractivity contribution in [1.29, 1.82) is 0 Å². The normalized spacial score (nSPS) is 13.7. The maximum absolute atomic E-state index is 13.8. The van der Waals surface area contributed by atoms with Crippen LogP contribution in [0.15, 0.2) is 40.9 Å². The van der Waals surface area contributed by atoms with Gasteiger partial charge < -0.3 is 4.90 Å². The van der Waals surface area contributed by atoms with Gasteiger partial charge in [-0.3, -0.25) is 0 Å². The molecule has 98 valence electrons. The molecule has 0 N–H and O–H groups in total. The van der Waals surface area contributed by atoms with Crippen LogP contribution < -0.4 is 4.90 Å². The van der Waals surface area contributed by atoms with Crippen molar-refractivity contribution in [1.82, 2.24) is 0 Å². The SMILES string of the molecule is Fc1cc(Cl)ccc1CN1CCc2ccc(Br)cc21. The minimum Gasteiger partial charge on any atom is -0.367 e. The Balaban J connectivity index is 1.88. The number of benzene rings is 2. The van der Waals surface area contributed by atoms with Crippen molar-refractivity contribution in [2.24, 2.45) is 0 Å². The molecule has 0 bridgehead atoms. The van der Waals surface area contributed by atoms with Crippen LogP contribution in [0.2, 0.25) is 5.02 Å². The van der Waals surface area contributed by atoms with Gasteiger partial charge in [0.15, 0.2) is 0 Å². The fourth-order valence-electron chi connectivity index (χ4n) is 2.44. The van der Waals surface area contributed by atoms with E-state index in [-0.39, 0.29) is 5.82 Å². The summed E-state index contributed by atoms with van der Waals surface area (Å²) in [4.78, 5) is 2.20. The van der Waals surface area contributed by atoms with Crippen LogP contribution in [0.3, 0.4) is 0 Å². The molecule has 0 unspecified atom stereocenters. The molecule has 1 nitrogen and oxygen atoms in total. The molecule has 1 heterocycles. The van der Waals surface area contributed by atoms with E-state index in [4.69, 9.17) is 11.6 Å². The zero-order valence-electron chi connectivity index (χ0n) is 10.2. The molecule has 0 atom stereocenters. The van der Waals surface area contributed by atoms with E-state index in [2.05, 4.69) is 33.0 Å². The zero-order chi connectivity index (χ0) is 13.4. The topological polar surface area (TPSA) is 3.24 Å². The summed E-state index contributed by atoms with van der Waals surface area (Å²) in [6.07, 6.45) is 1.01. The number of fused-ring (bicyclic) bond motifs is 1. The van der Waals surface area contributed by atoms with E-state index < -0.39 is 0 Å². The van der Waals surface area contributed by atoms with E-state index >= 15 is 0 Å². The smallest absolute Gasteiger partial charge is 0.129 e. The van der Waals surface area contributed by atoms with Gasteiger partial charge in [-0.2, -0.15) is 0 Å². The predicted octanol–water partition coefficient (Wildman–Crippen LogP) is 4.80. The summed E-state index contributed by atoms with van der Waals surface area (Å²) in [6.45, 7) is 1.50. The third kappa shape index (κ3) is 2.63. The van der Waals surface area contributed by atoms with Gasteiger partial charge >= 0.3 is 0 Å². The first-order valence-corrected chi connectivity index (χ1v) is 7.28. The Labute approximate surface area is 125 Å². The summed E-state index contributed by atoms with van der Waals surface area (Å²) < 4.78 is 14.9. The van der Waals surface area contributed by atoms with Crippen LogP contribution >= 0.6 is 27.5 Å². The molecule has 0 radical (unpaired) electrons. The van der Waals surface area contributed by atoms with Crippen molar-refractivity contribution >= 4 is 33.2 Å². The molecule has 0 saturated heterocycles.